The summed E-state index contributed by atoms with van der Waals surface area (Å²) in [6.07, 6.45) is 58.6. The molecule has 2 unspecified atom stereocenters. The van der Waals surface area contributed by atoms with Crippen molar-refractivity contribution in [2.24, 2.45) is 5.73 Å². The molecule has 57 heavy (non-hydrogen) atoms. The first-order valence-electron chi connectivity index (χ1n) is 22.2. The van der Waals surface area contributed by atoms with Crippen molar-refractivity contribution in [3.63, 3.8) is 0 Å². The molecule has 3 N–H and O–H groups in total. The number of hydrogen-bond donors (Lipinski definition) is 2. The first-order valence-corrected chi connectivity index (χ1v) is 23.7. The standard InChI is InChI=1S/C48H82NO7P/c1-3-5-7-9-11-13-15-17-18-19-20-21-22-23-24-25-26-27-28-29-30-32-34-36-38-40-43-53-45-47(46-55-57(51,52)54-44-42-49)56-48(50)41-39-37-35-33-31-16-14-12-10-8-6-4-2/h5,7,11-14,17-18,20-21,23-24,26-27,29-30,47H,3-4,6,8-10,15-16,19,22,25,28,31-46,49H2,1-2H3,(H,51,52)/b7-5-,13-11-,14-12-,18-17-,21-20-,24-23-,27-26-,30-29-. The minimum Gasteiger partial charge on any atom is -0.457 e. The lowest BCUT2D eigenvalue weighted by atomic mass is 10.1. The van der Waals surface area contributed by atoms with E-state index >= 15 is 0 Å². The van der Waals surface area contributed by atoms with Crippen LogP contribution in [0.15, 0.2) is 97.2 Å². The van der Waals surface area contributed by atoms with Gasteiger partial charge in [0.2, 0.25) is 0 Å². The number of phosphoric acid groups is 1. The number of rotatable bonds is 41. The van der Waals surface area contributed by atoms with Gasteiger partial charge in [-0.25, -0.2) is 4.57 Å². The second-order valence-corrected chi connectivity index (χ2v) is 15.6. The molecule has 0 aliphatic carbocycles. The van der Waals surface area contributed by atoms with Gasteiger partial charge in [0.05, 0.1) is 19.8 Å². The van der Waals surface area contributed by atoms with Crippen LogP contribution >= 0.6 is 7.82 Å². The molecule has 0 fully saturated rings. The minimum absolute atomic E-state index is 0.0891. The minimum atomic E-state index is -4.29. The summed E-state index contributed by atoms with van der Waals surface area (Å²) in [5, 5.41) is 0. The summed E-state index contributed by atoms with van der Waals surface area (Å²) in [4.78, 5) is 22.4. The Hall–Kier alpha value is -2.58. The maximum absolute atomic E-state index is 12.6. The molecule has 326 valence electrons. The zero-order valence-corrected chi connectivity index (χ0v) is 36.9. The molecule has 0 amide bonds. The number of carbonyl (C=O) groups is 1. The van der Waals surface area contributed by atoms with Crippen LogP contribution in [0.1, 0.15) is 162 Å². The van der Waals surface area contributed by atoms with Gasteiger partial charge in [0.1, 0.15) is 6.10 Å². The third-order valence-electron chi connectivity index (χ3n) is 8.74. The molecule has 0 aromatic rings. The van der Waals surface area contributed by atoms with Gasteiger partial charge in [-0.2, -0.15) is 0 Å². The monoisotopic (exact) mass is 816 g/mol. The van der Waals surface area contributed by atoms with Crippen molar-refractivity contribution < 1.29 is 32.8 Å². The summed E-state index contributed by atoms with van der Waals surface area (Å²) >= 11 is 0. The molecule has 0 aliphatic heterocycles. The molecule has 0 spiro atoms. The number of hydrogen-bond acceptors (Lipinski definition) is 7. The van der Waals surface area contributed by atoms with Crippen LogP contribution in [0.5, 0.6) is 0 Å². The number of nitrogens with two attached hydrogens (primary N) is 1. The van der Waals surface area contributed by atoms with E-state index in [0.717, 1.165) is 109 Å². The quantitative estimate of drug-likeness (QED) is 0.0271. The van der Waals surface area contributed by atoms with Crippen molar-refractivity contribution in [1.82, 2.24) is 0 Å². The molecule has 0 radical (unpaired) electrons. The van der Waals surface area contributed by atoms with Crippen LogP contribution in [0.2, 0.25) is 0 Å². The van der Waals surface area contributed by atoms with Gasteiger partial charge in [-0.3, -0.25) is 13.8 Å². The summed E-state index contributed by atoms with van der Waals surface area (Å²) in [5.74, 6) is -0.355. The Morgan fingerprint density at radius 1 is 0.544 bits per heavy atom. The molecule has 0 saturated carbocycles. The van der Waals surface area contributed by atoms with Gasteiger partial charge in [-0.05, 0) is 96.3 Å². The van der Waals surface area contributed by atoms with E-state index in [4.69, 9.17) is 24.3 Å². The van der Waals surface area contributed by atoms with Gasteiger partial charge in [-0.15, -0.1) is 0 Å². The van der Waals surface area contributed by atoms with E-state index in [9.17, 15) is 14.3 Å². The van der Waals surface area contributed by atoms with Crippen LogP contribution in [0, 0.1) is 0 Å². The topological polar surface area (TPSA) is 117 Å². The molecular weight excluding hydrogens is 734 g/mol. The largest absolute Gasteiger partial charge is 0.472 e. The second-order valence-electron chi connectivity index (χ2n) is 14.2. The van der Waals surface area contributed by atoms with Crippen molar-refractivity contribution >= 4 is 13.8 Å². The summed E-state index contributed by atoms with van der Waals surface area (Å²) in [7, 11) is -4.29. The van der Waals surface area contributed by atoms with Crippen molar-refractivity contribution in [2.45, 2.75) is 168 Å². The number of unbranched alkanes of at least 4 members (excludes halogenated alkanes) is 12. The Morgan fingerprint density at radius 3 is 1.49 bits per heavy atom. The van der Waals surface area contributed by atoms with Crippen molar-refractivity contribution in [3.8, 4) is 0 Å². The van der Waals surface area contributed by atoms with Gasteiger partial charge in [-0.1, -0.05) is 156 Å². The molecule has 0 rings (SSSR count). The predicted octanol–water partition coefficient (Wildman–Crippen LogP) is 13.5. The first-order chi connectivity index (χ1) is 27.9. The van der Waals surface area contributed by atoms with Crippen LogP contribution in [0.4, 0.5) is 0 Å². The lowest BCUT2D eigenvalue weighted by molar-refractivity contribution is -0.154. The number of allylic oxidation sites excluding steroid dienone is 16. The van der Waals surface area contributed by atoms with Crippen molar-refractivity contribution in [2.75, 3.05) is 33.0 Å². The lowest BCUT2D eigenvalue weighted by Gasteiger charge is -2.20. The number of esters is 1. The van der Waals surface area contributed by atoms with Gasteiger partial charge in [0.15, 0.2) is 0 Å². The fraction of sp³-hybridized carbons (Fsp3) is 0.646. The fourth-order valence-corrected chi connectivity index (χ4v) is 6.26. The normalized spacial score (nSPS) is 14.4. The van der Waals surface area contributed by atoms with E-state index < -0.39 is 13.9 Å². The summed E-state index contributed by atoms with van der Waals surface area (Å²) in [6, 6.07) is 0. The lowest BCUT2D eigenvalue weighted by Crippen LogP contribution is -2.28. The van der Waals surface area contributed by atoms with Crippen LogP contribution in [-0.4, -0.2) is 49.9 Å². The molecule has 0 heterocycles. The Balaban J connectivity index is 4.08. The molecule has 0 bridgehead atoms. The van der Waals surface area contributed by atoms with Crippen LogP contribution < -0.4 is 5.73 Å². The number of carbonyl (C=O) groups excluding carboxylic acids is 1. The molecular formula is C48H82NO7P. The Labute approximate surface area is 349 Å². The summed E-state index contributed by atoms with van der Waals surface area (Å²) < 4.78 is 33.4. The molecule has 0 aromatic carbocycles. The Kier molecular flexibility index (Phi) is 42.5. The van der Waals surface area contributed by atoms with Crippen LogP contribution in [0.25, 0.3) is 0 Å². The average Bonchev–Trinajstić information content (AvgIpc) is 3.20. The maximum Gasteiger partial charge on any atom is 0.472 e. The fourth-order valence-electron chi connectivity index (χ4n) is 5.50. The van der Waals surface area contributed by atoms with Crippen LogP contribution in [0.3, 0.4) is 0 Å². The highest BCUT2D eigenvalue weighted by Gasteiger charge is 2.25. The molecule has 9 heteroatoms. The molecule has 2 atom stereocenters. The molecule has 8 nitrogen and oxygen atoms in total. The zero-order valence-electron chi connectivity index (χ0n) is 36.0. The van der Waals surface area contributed by atoms with Crippen molar-refractivity contribution in [1.29, 1.82) is 0 Å². The van der Waals surface area contributed by atoms with E-state index in [1.54, 1.807) is 0 Å². The smallest absolute Gasteiger partial charge is 0.457 e. The predicted molar refractivity (Wildman–Crippen MR) is 242 cm³/mol. The third kappa shape index (κ3) is 44.4. The first kappa shape index (κ1) is 54.4. The van der Waals surface area contributed by atoms with Gasteiger partial charge in [0, 0.05) is 19.6 Å². The summed E-state index contributed by atoms with van der Waals surface area (Å²) in [5.41, 5.74) is 5.36. The third-order valence-corrected chi connectivity index (χ3v) is 9.72. The van der Waals surface area contributed by atoms with Crippen LogP contribution in [-0.2, 0) is 27.9 Å². The van der Waals surface area contributed by atoms with Gasteiger partial charge >= 0.3 is 13.8 Å². The summed E-state index contributed by atoms with van der Waals surface area (Å²) in [6.45, 7) is 4.67. The Morgan fingerprint density at radius 2 is 0.982 bits per heavy atom. The van der Waals surface area contributed by atoms with E-state index in [1.165, 1.54) is 32.1 Å². The SMILES string of the molecule is CC/C=C\C/C=C\C/C=C\C/C=C\C/C=C\C/C=C\C/C=C\CCCCCCOCC(COP(=O)(O)OCCN)OC(=O)CCCCCCC/C=C\CCCCC. The van der Waals surface area contributed by atoms with Crippen molar-refractivity contribution in [3.05, 3.63) is 97.2 Å². The highest BCUT2D eigenvalue weighted by molar-refractivity contribution is 7.47. The zero-order chi connectivity index (χ0) is 41.6. The number of ether oxygens (including phenoxy) is 2. The van der Waals surface area contributed by atoms with E-state index in [-0.39, 0.29) is 32.3 Å². The molecule has 0 saturated heterocycles. The molecule has 0 aliphatic rings. The highest BCUT2D eigenvalue weighted by Crippen LogP contribution is 2.43. The van der Waals surface area contributed by atoms with Gasteiger partial charge in [0.25, 0.3) is 0 Å². The second kappa shape index (κ2) is 44.5. The highest BCUT2D eigenvalue weighted by atomic mass is 31.2. The number of phosphoric ester groups is 1. The van der Waals surface area contributed by atoms with E-state index in [1.807, 2.05) is 0 Å². The Bertz CT molecular complexity index is 1190. The maximum atomic E-state index is 12.6. The average molecular weight is 816 g/mol. The molecule has 0 aromatic heterocycles. The van der Waals surface area contributed by atoms with E-state index in [2.05, 4.69) is 111 Å². The van der Waals surface area contributed by atoms with E-state index in [0.29, 0.717) is 13.0 Å². The van der Waals surface area contributed by atoms with Gasteiger partial charge < -0.3 is 20.1 Å².